The van der Waals surface area contributed by atoms with Crippen molar-refractivity contribution in [2.45, 2.75) is 84.2 Å². The Bertz CT molecular complexity index is 220. The Hall–Kier alpha value is -0.0400. The van der Waals surface area contributed by atoms with Crippen molar-refractivity contribution in [3.8, 4) is 0 Å². The van der Waals surface area contributed by atoms with Crippen molar-refractivity contribution in [3.63, 3.8) is 0 Å². The van der Waals surface area contributed by atoms with Crippen LogP contribution in [0.25, 0.3) is 0 Å². The second-order valence-corrected chi connectivity index (χ2v) is 6.82. The van der Waals surface area contributed by atoms with Crippen LogP contribution in [0.5, 0.6) is 0 Å². The third-order valence-corrected chi connectivity index (χ3v) is 4.94. The van der Waals surface area contributed by atoms with E-state index in [2.05, 4.69) is 26.1 Å². The minimum absolute atomic E-state index is 0.804. The van der Waals surface area contributed by atoms with Crippen LogP contribution in [-0.2, 0) is 0 Å². The fourth-order valence-corrected chi connectivity index (χ4v) is 3.43. The molecule has 100 valence electrons. The Labute approximate surface area is 108 Å². The van der Waals surface area contributed by atoms with E-state index in [-0.39, 0.29) is 0 Å². The minimum atomic E-state index is 0.804. The molecule has 0 aromatic heterocycles. The molecule has 2 aliphatic rings. The van der Waals surface area contributed by atoms with Crippen LogP contribution in [0.15, 0.2) is 0 Å². The summed E-state index contributed by atoms with van der Waals surface area (Å²) in [4.78, 5) is 0. The van der Waals surface area contributed by atoms with E-state index in [9.17, 15) is 0 Å². The molecule has 0 aromatic rings. The van der Waals surface area contributed by atoms with Crippen LogP contribution in [-0.4, -0.2) is 12.1 Å². The fourth-order valence-electron chi connectivity index (χ4n) is 3.43. The lowest BCUT2D eigenvalue weighted by atomic mass is 9.79. The molecule has 0 spiro atoms. The van der Waals surface area contributed by atoms with Gasteiger partial charge in [0.05, 0.1) is 0 Å². The van der Waals surface area contributed by atoms with E-state index in [1.54, 1.807) is 0 Å². The van der Waals surface area contributed by atoms with Gasteiger partial charge in [0.15, 0.2) is 0 Å². The van der Waals surface area contributed by atoms with Crippen LogP contribution in [0.3, 0.4) is 0 Å². The average Bonchev–Trinajstić information content (AvgIpc) is 3.12. The maximum Gasteiger partial charge on any atom is 0.00723 e. The predicted octanol–water partition coefficient (Wildman–Crippen LogP) is 4.37. The summed E-state index contributed by atoms with van der Waals surface area (Å²) < 4.78 is 0. The van der Waals surface area contributed by atoms with Gasteiger partial charge in [-0.25, -0.2) is 0 Å². The quantitative estimate of drug-likeness (QED) is 0.723. The van der Waals surface area contributed by atoms with E-state index in [4.69, 9.17) is 0 Å². The van der Waals surface area contributed by atoms with E-state index >= 15 is 0 Å². The third-order valence-electron chi connectivity index (χ3n) is 4.94. The number of hydrogen-bond donors (Lipinski definition) is 1. The zero-order valence-electron chi connectivity index (χ0n) is 12.0. The van der Waals surface area contributed by atoms with Gasteiger partial charge in [-0.05, 0) is 43.4 Å². The maximum absolute atomic E-state index is 3.96. The number of nitrogens with one attached hydrogen (secondary N) is 1. The van der Waals surface area contributed by atoms with Crippen LogP contribution in [0, 0.1) is 17.8 Å². The number of hydrogen-bond acceptors (Lipinski definition) is 1. The summed E-state index contributed by atoms with van der Waals surface area (Å²) in [6.45, 7) is 7.14. The summed E-state index contributed by atoms with van der Waals surface area (Å²) in [5.41, 5.74) is 0. The van der Waals surface area contributed by atoms with Crippen molar-refractivity contribution >= 4 is 0 Å². The molecule has 0 saturated heterocycles. The van der Waals surface area contributed by atoms with Gasteiger partial charge in [-0.2, -0.15) is 0 Å². The molecule has 0 radical (unpaired) electrons. The normalized spacial score (nSPS) is 31.8. The molecule has 0 heterocycles. The third kappa shape index (κ3) is 4.28. The highest BCUT2D eigenvalue weighted by Gasteiger charge is 2.28. The molecule has 2 fully saturated rings. The van der Waals surface area contributed by atoms with E-state index in [0.29, 0.717) is 0 Å². The Balaban J connectivity index is 1.75. The summed E-state index contributed by atoms with van der Waals surface area (Å²) >= 11 is 0. The standard InChI is InChI=1S/C16H31N/c1-4-15(10-13-8-9-13)17-16-7-5-6-14(11-16)12(2)3/h12-17H,4-11H2,1-3H3. The van der Waals surface area contributed by atoms with Crippen molar-refractivity contribution in [3.05, 3.63) is 0 Å². The second-order valence-electron chi connectivity index (χ2n) is 6.82. The first-order chi connectivity index (χ1) is 8.19. The first kappa shape index (κ1) is 13.4. The lowest BCUT2D eigenvalue weighted by Gasteiger charge is -2.34. The van der Waals surface area contributed by atoms with Crippen molar-refractivity contribution in [2.24, 2.45) is 17.8 Å². The molecule has 2 saturated carbocycles. The van der Waals surface area contributed by atoms with Gasteiger partial charge in [0.1, 0.15) is 0 Å². The van der Waals surface area contributed by atoms with Crippen molar-refractivity contribution in [2.75, 3.05) is 0 Å². The molecule has 0 amide bonds. The largest absolute Gasteiger partial charge is 0.311 e. The molecule has 2 aliphatic carbocycles. The molecule has 0 aliphatic heterocycles. The average molecular weight is 237 g/mol. The van der Waals surface area contributed by atoms with Crippen LogP contribution in [0.2, 0.25) is 0 Å². The molecule has 1 N–H and O–H groups in total. The van der Waals surface area contributed by atoms with E-state index < -0.39 is 0 Å². The Morgan fingerprint density at radius 2 is 1.88 bits per heavy atom. The Kier molecular flexibility index (Phi) is 4.90. The monoisotopic (exact) mass is 237 g/mol. The molecule has 3 unspecified atom stereocenters. The molecule has 3 atom stereocenters. The molecule has 1 nitrogen and oxygen atoms in total. The van der Waals surface area contributed by atoms with Gasteiger partial charge in [-0.3, -0.25) is 0 Å². The highest BCUT2D eigenvalue weighted by Crippen LogP contribution is 2.35. The maximum atomic E-state index is 3.96. The van der Waals surface area contributed by atoms with Gasteiger partial charge < -0.3 is 5.32 Å². The van der Waals surface area contributed by atoms with E-state index in [0.717, 1.165) is 29.8 Å². The van der Waals surface area contributed by atoms with Crippen molar-refractivity contribution in [1.82, 2.24) is 5.32 Å². The summed E-state index contributed by atoms with van der Waals surface area (Å²) in [6.07, 6.45) is 11.5. The SMILES string of the molecule is CCC(CC1CC1)NC1CCCC(C(C)C)C1. The van der Waals surface area contributed by atoms with E-state index in [1.807, 2.05) is 0 Å². The van der Waals surface area contributed by atoms with Gasteiger partial charge in [0.2, 0.25) is 0 Å². The lowest BCUT2D eigenvalue weighted by Crippen LogP contribution is -2.41. The van der Waals surface area contributed by atoms with Gasteiger partial charge in [0.25, 0.3) is 0 Å². The smallest absolute Gasteiger partial charge is 0.00723 e. The van der Waals surface area contributed by atoms with Gasteiger partial charge in [-0.15, -0.1) is 0 Å². The number of rotatable bonds is 6. The van der Waals surface area contributed by atoms with Crippen molar-refractivity contribution in [1.29, 1.82) is 0 Å². The molecule has 0 bridgehead atoms. The minimum Gasteiger partial charge on any atom is -0.311 e. The molecule has 0 aromatic carbocycles. The lowest BCUT2D eigenvalue weighted by molar-refractivity contribution is 0.215. The van der Waals surface area contributed by atoms with Gasteiger partial charge in [0, 0.05) is 12.1 Å². The summed E-state index contributed by atoms with van der Waals surface area (Å²) in [6, 6.07) is 1.62. The highest BCUT2D eigenvalue weighted by molar-refractivity contribution is 4.85. The fraction of sp³-hybridized carbons (Fsp3) is 1.00. The van der Waals surface area contributed by atoms with Crippen LogP contribution < -0.4 is 5.32 Å². The molecular weight excluding hydrogens is 206 g/mol. The van der Waals surface area contributed by atoms with Crippen molar-refractivity contribution < 1.29 is 0 Å². The summed E-state index contributed by atoms with van der Waals surface area (Å²) in [5, 5.41) is 3.96. The van der Waals surface area contributed by atoms with Crippen LogP contribution in [0.4, 0.5) is 0 Å². The highest BCUT2D eigenvalue weighted by atomic mass is 15.0. The van der Waals surface area contributed by atoms with Crippen LogP contribution >= 0.6 is 0 Å². The topological polar surface area (TPSA) is 12.0 Å². The predicted molar refractivity (Wildman–Crippen MR) is 75.1 cm³/mol. The van der Waals surface area contributed by atoms with E-state index in [1.165, 1.54) is 51.4 Å². The molecule has 17 heavy (non-hydrogen) atoms. The zero-order chi connectivity index (χ0) is 12.3. The summed E-state index contributed by atoms with van der Waals surface area (Å²) in [5.74, 6) is 2.92. The first-order valence-electron chi connectivity index (χ1n) is 7.95. The summed E-state index contributed by atoms with van der Waals surface area (Å²) in [7, 11) is 0. The second kappa shape index (κ2) is 6.22. The van der Waals surface area contributed by atoms with Gasteiger partial charge >= 0.3 is 0 Å². The van der Waals surface area contributed by atoms with Gasteiger partial charge in [-0.1, -0.05) is 46.5 Å². The zero-order valence-corrected chi connectivity index (χ0v) is 12.0. The Morgan fingerprint density at radius 1 is 1.12 bits per heavy atom. The first-order valence-corrected chi connectivity index (χ1v) is 7.95. The van der Waals surface area contributed by atoms with Crippen LogP contribution in [0.1, 0.15) is 72.1 Å². The molecule has 1 heteroatoms. The molecule has 2 rings (SSSR count). The molecular formula is C16H31N. The Morgan fingerprint density at radius 3 is 2.47 bits per heavy atom.